The van der Waals surface area contributed by atoms with Gasteiger partial charge in [-0.3, -0.25) is 29.4 Å². The van der Waals surface area contributed by atoms with Crippen LogP contribution in [-0.4, -0.2) is 97.7 Å². The molecule has 0 aliphatic carbocycles. The number of imidazole rings is 1. The first kappa shape index (κ1) is 37.8. The Kier molecular flexibility index (Phi) is 11.3. The smallest absolute Gasteiger partial charge is 0.280 e. The number of carbonyl (C=O) groups is 4. The number of aromatic nitrogens is 4. The Hall–Kier alpha value is -5.51. The van der Waals surface area contributed by atoms with Crippen LogP contribution in [0, 0.1) is 0 Å². The van der Waals surface area contributed by atoms with Crippen molar-refractivity contribution in [3.05, 3.63) is 77.5 Å². The molecular formula is C39H45F2N9O5. The lowest BCUT2D eigenvalue weighted by molar-refractivity contribution is -0.134. The lowest BCUT2D eigenvalue weighted by Gasteiger charge is -2.35. The van der Waals surface area contributed by atoms with E-state index in [1.807, 2.05) is 43.3 Å². The number of nitrogens with one attached hydrogen (secondary N) is 3. The Bertz CT molecular complexity index is 2040. The highest BCUT2D eigenvalue weighted by Gasteiger charge is 2.30. The average molecular weight is 758 g/mol. The van der Waals surface area contributed by atoms with Gasteiger partial charge in [-0.25, -0.2) is 23.7 Å². The SMILES string of the molecule is CC(C)Oc1cc2nc(C3CCN(C(=O)CN4CCC(c5ccc(NC6CCC(=O)NC6=O)nc5)CC4)CC3)cn2cc1C(=O)Nc1cccc(C(F)F)n1. The third-order valence-corrected chi connectivity index (χ3v) is 10.4. The van der Waals surface area contributed by atoms with Gasteiger partial charge in [-0.15, -0.1) is 0 Å². The number of fused-ring (bicyclic) bond motifs is 1. The monoisotopic (exact) mass is 757 g/mol. The predicted octanol–water partition coefficient (Wildman–Crippen LogP) is 4.90. The molecule has 3 aliphatic heterocycles. The second-order valence-electron chi connectivity index (χ2n) is 14.7. The highest BCUT2D eigenvalue weighted by molar-refractivity contribution is 6.06. The number of hydrogen-bond acceptors (Lipinski definition) is 10. The van der Waals surface area contributed by atoms with E-state index in [4.69, 9.17) is 9.72 Å². The maximum absolute atomic E-state index is 13.4. The van der Waals surface area contributed by atoms with Crippen molar-refractivity contribution in [2.24, 2.45) is 0 Å². The van der Waals surface area contributed by atoms with E-state index in [0.717, 1.165) is 50.0 Å². The van der Waals surface area contributed by atoms with Crippen molar-refractivity contribution in [1.29, 1.82) is 0 Å². The average Bonchev–Trinajstić information content (AvgIpc) is 3.59. The normalized spacial score (nSPS) is 18.9. The van der Waals surface area contributed by atoms with Gasteiger partial charge in [0.05, 0.1) is 23.9 Å². The van der Waals surface area contributed by atoms with Crippen molar-refractivity contribution < 1.29 is 32.7 Å². The van der Waals surface area contributed by atoms with E-state index in [-0.39, 0.29) is 41.1 Å². The Balaban J connectivity index is 0.905. The predicted molar refractivity (Wildman–Crippen MR) is 199 cm³/mol. The van der Waals surface area contributed by atoms with Gasteiger partial charge >= 0.3 is 0 Å². The number of alkyl halides is 2. The van der Waals surface area contributed by atoms with Crippen molar-refractivity contribution in [3.8, 4) is 5.75 Å². The summed E-state index contributed by atoms with van der Waals surface area (Å²) in [5, 5.41) is 8.08. The molecule has 7 heterocycles. The number of piperidine rings is 3. The maximum Gasteiger partial charge on any atom is 0.280 e. The number of likely N-dealkylation sites (tertiary alicyclic amines) is 2. The fourth-order valence-corrected chi connectivity index (χ4v) is 7.46. The van der Waals surface area contributed by atoms with Crippen molar-refractivity contribution in [1.82, 2.24) is 34.5 Å². The van der Waals surface area contributed by atoms with Crippen LogP contribution < -0.4 is 20.7 Å². The van der Waals surface area contributed by atoms with E-state index in [1.54, 1.807) is 16.7 Å². The first-order valence-electron chi connectivity index (χ1n) is 18.8. The third-order valence-electron chi connectivity index (χ3n) is 10.4. The topological polar surface area (TPSA) is 163 Å². The standard InChI is InChI=1S/C39H45F2N9O5/c1-23(2)55-31-18-34-45-30(21-50(34)20-27(31)38(53)46-33-5-3-4-28(43-33)37(40)41)25-12-16-49(17-13-25)36(52)22-48-14-10-24(11-15-48)26-6-8-32(42-19-26)44-29-7-9-35(51)47-39(29)54/h3-6,8,18-21,23-25,29,37H,7,9-17,22H2,1-2H3,(H,42,44)(H,43,46,53)(H,47,51,54). The van der Waals surface area contributed by atoms with Crippen LogP contribution in [0.1, 0.15) is 97.9 Å². The second kappa shape index (κ2) is 16.5. The van der Waals surface area contributed by atoms with Gasteiger partial charge in [0, 0.05) is 50.1 Å². The van der Waals surface area contributed by atoms with E-state index in [9.17, 15) is 28.0 Å². The van der Waals surface area contributed by atoms with E-state index in [0.29, 0.717) is 55.6 Å². The fraction of sp³-hybridized carbons (Fsp3) is 0.462. The number of amides is 4. The minimum absolute atomic E-state index is 0.0123. The van der Waals surface area contributed by atoms with Gasteiger partial charge in [-0.05, 0) is 88.7 Å². The molecule has 14 nitrogen and oxygen atoms in total. The number of pyridine rings is 3. The van der Waals surface area contributed by atoms with E-state index in [2.05, 4.69) is 30.8 Å². The molecule has 3 fully saturated rings. The number of rotatable bonds is 11. The molecule has 55 heavy (non-hydrogen) atoms. The number of nitrogens with zero attached hydrogens (tertiary/aromatic N) is 6. The zero-order valence-corrected chi connectivity index (χ0v) is 30.8. The fourth-order valence-electron chi connectivity index (χ4n) is 7.46. The zero-order valence-electron chi connectivity index (χ0n) is 30.8. The van der Waals surface area contributed by atoms with Gasteiger partial charge in [-0.2, -0.15) is 0 Å². The largest absolute Gasteiger partial charge is 0.490 e. The molecule has 16 heteroatoms. The molecule has 0 saturated carbocycles. The number of ether oxygens (including phenoxy) is 1. The summed E-state index contributed by atoms with van der Waals surface area (Å²) in [4.78, 5) is 67.6. The first-order chi connectivity index (χ1) is 26.5. The Morgan fingerprint density at radius 3 is 2.40 bits per heavy atom. The van der Waals surface area contributed by atoms with Crippen LogP contribution in [0.3, 0.4) is 0 Å². The summed E-state index contributed by atoms with van der Waals surface area (Å²) in [6, 6.07) is 9.21. The molecule has 3 saturated heterocycles. The molecule has 0 bridgehead atoms. The van der Waals surface area contributed by atoms with Crippen molar-refractivity contribution in [2.45, 2.75) is 82.8 Å². The lowest BCUT2D eigenvalue weighted by atomic mass is 9.90. The number of imide groups is 1. The molecule has 1 atom stereocenters. The Morgan fingerprint density at radius 2 is 1.71 bits per heavy atom. The molecule has 4 aromatic rings. The van der Waals surface area contributed by atoms with Crippen LogP contribution in [-0.2, 0) is 14.4 Å². The highest BCUT2D eigenvalue weighted by Crippen LogP contribution is 2.32. The zero-order chi connectivity index (χ0) is 38.6. The molecule has 4 aromatic heterocycles. The van der Waals surface area contributed by atoms with Gasteiger partial charge in [0.15, 0.2) is 0 Å². The first-order valence-corrected chi connectivity index (χ1v) is 18.8. The molecule has 0 radical (unpaired) electrons. The summed E-state index contributed by atoms with van der Waals surface area (Å²) in [6.45, 7) is 6.94. The number of carbonyl (C=O) groups excluding carboxylic acids is 4. The van der Waals surface area contributed by atoms with Gasteiger partial charge in [0.1, 0.15) is 34.8 Å². The molecule has 290 valence electrons. The summed E-state index contributed by atoms with van der Waals surface area (Å²) in [5.41, 5.74) is 2.39. The lowest BCUT2D eigenvalue weighted by Crippen LogP contribution is -2.47. The van der Waals surface area contributed by atoms with Crippen LogP contribution in [0.2, 0.25) is 0 Å². The summed E-state index contributed by atoms with van der Waals surface area (Å²) < 4.78 is 34.1. The summed E-state index contributed by atoms with van der Waals surface area (Å²) in [7, 11) is 0. The van der Waals surface area contributed by atoms with Gasteiger partial charge in [0.25, 0.3) is 12.3 Å². The molecule has 3 N–H and O–H groups in total. The van der Waals surface area contributed by atoms with E-state index in [1.165, 1.54) is 18.2 Å². The highest BCUT2D eigenvalue weighted by atomic mass is 19.3. The van der Waals surface area contributed by atoms with Gasteiger partial charge < -0.3 is 24.7 Å². The molecule has 1 unspecified atom stereocenters. The van der Waals surface area contributed by atoms with Crippen LogP contribution in [0.25, 0.3) is 5.65 Å². The third kappa shape index (κ3) is 9.07. The molecular weight excluding hydrogens is 712 g/mol. The molecule has 4 amide bonds. The summed E-state index contributed by atoms with van der Waals surface area (Å²) >= 11 is 0. The van der Waals surface area contributed by atoms with E-state index >= 15 is 0 Å². The quantitative estimate of drug-likeness (QED) is 0.179. The molecule has 3 aliphatic rings. The van der Waals surface area contributed by atoms with Crippen LogP contribution in [0.15, 0.2) is 55.0 Å². The van der Waals surface area contributed by atoms with Crippen LogP contribution >= 0.6 is 0 Å². The molecule has 7 rings (SSSR count). The molecule has 0 aromatic carbocycles. The minimum Gasteiger partial charge on any atom is -0.490 e. The summed E-state index contributed by atoms with van der Waals surface area (Å²) in [5.74, 6) is 0.400. The van der Waals surface area contributed by atoms with Crippen LogP contribution in [0.5, 0.6) is 5.75 Å². The van der Waals surface area contributed by atoms with E-state index < -0.39 is 24.1 Å². The second-order valence-corrected chi connectivity index (χ2v) is 14.7. The van der Waals surface area contributed by atoms with Crippen molar-refractivity contribution >= 4 is 40.9 Å². The van der Waals surface area contributed by atoms with Crippen LogP contribution in [0.4, 0.5) is 20.4 Å². The maximum atomic E-state index is 13.4. The van der Waals surface area contributed by atoms with Gasteiger partial charge in [0.2, 0.25) is 17.7 Å². The Morgan fingerprint density at radius 1 is 0.945 bits per heavy atom. The minimum atomic E-state index is -2.76. The number of hydrogen-bond donors (Lipinski definition) is 3. The van der Waals surface area contributed by atoms with Gasteiger partial charge in [-0.1, -0.05) is 12.1 Å². The van der Waals surface area contributed by atoms with Crippen molar-refractivity contribution in [2.75, 3.05) is 43.4 Å². The summed E-state index contributed by atoms with van der Waals surface area (Å²) in [6.07, 6.45) is 6.47. The Labute approximate surface area is 317 Å². The number of anilines is 2. The van der Waals surface area contributed by atoms with Crippen molar-refractivity contribution in [3.63, 3.8) is 0 Å². The number of halogens is 2. The molecule has 0 spiro atoms.